The molecule has 1 unspecified atom stereocenters. The third-order valence-corrected chi connectivity index (χ3v) is 1.32. The molecule has 0 heterocycles. The van der Waals surface area contributed by atoms with Crippen LogP contribution in [0, 0.1) is 0 Å². The molecule has 0 bridgehead atoms. The standard InChI is InChI=1S/C8H18O3/c1-8(9)4-7-11-6-3-5-10-2/h8-9H,3-7H2,1-2H3. The van der Waals surface area contributed by atoms with E-state index in [1.165, 1.54) is 0 Å². The van der Waals surface area contributed by atoms with E-state index < -0.39 is 0 Å². The third kappa shape index (κ3) is 9.88. The van der Waals surface area contributed by atoms with E-state index in [-0.39, 0.29) is 6.10 Å². The smallest absolute Gasteiger partial charge is 0.0534 e. The molecule has 0 radical (unpaired) electrons. The minimum Gasteiger partial charge on any atom is -0.393 e. The Morgan fingerprint density at radius 1 is 1.27 bits per heavy atom. The zero-order valence-corrected chi connectivity index (χ0v) is 7.38. The molecule has 0 saturated heterocycles. The van der Waals surface area contributed by atoms with Gasteiger partial charge in [-0.25, -0.2) is 0 Å². The number of ether oxygens (including phenoxy) is 2. The van der Waals surface area contributed by atoms with Crippen molar-refractivity contribution in [1.29, 1.82) is 0 Å². The maximum Gasteiger partial charge on any atom is 0.0534 e. The van der Waals surface area contributed by atoms with Crippen LogP contribution >= 0.6 is 0 Å². The molecule has 0 aromatic carbocycles. The van der Waals surface area contributed by atoms with Crippen molar-refractivity contribution in [2.75, 3.05) is 26.9 Å². The van der Waals surface area contributed by atoms with E-state index in [9.17, 15) is 0 Å². The Kier molecular flexibility index (Phi) is 7.89. The number of methoxy groups -OCH3 is 1. The van der Waals surface area contributed by atoms with Crippen LogP contribution < -0.4 is 0 Å². The van der Waals surface area contributed by atoms with Crippen LogP contribution in [0.3, 0.4) is 0 Å². The summed E-state index contributed by atoms with van der Waals surface area (Å²) in [7, 11) is 1.68. The summed E-state index contributed by atoms with van der Waals surface area (Å²) < 4.78 is 10.0. The van der Waals surface area contributed by atoms with Crippen LogP contribution in [0.1, 0.15) is 19.8 Å². The highest BCUT2D eigenvalue weighted by molar-refractivity contribution is 4.44. The quantitative estimate of drug-likeness (QED) is 0.563. The summed E-state index contributed by atoms with van der Waals surface area (Å²) in [6.07, 6.45) is 1.39. The summed E-state index contributed by atoms with van der Waals surface area (Å²) in [5, 5.41) is 8.85. The number of rotatable bonds is 7. The van der Waals surface area contributed by atoms with Crippen LogP contribution in [-0.2, 0) is 9.47 Å². The average Bonchev–Trinajstić information content (AvgIpc) is 1.96. The van der Waals surface area contributed by atoms with Crippen molar-refractivity contribution in [3.63, 3.8) is 0 Å². The van der Waals surface area contributed by atoms with E-state index in [0.29, 0.717) is 13.0 Å². The normalized spacial score (nSPS) is 13.4. The van der Waals surface area contributed by atoms with E-state index in [0.717, 1.165) is 19.6 Å². The molecule has 0 aliphatic carbocycles. The summed E-state index contributed by atoms with van der Waals surface area (Å²) >= 11 is 0. The predicted octanol–water partition coefficient (Wildman–Crippen LogP) is 0.810. The fourth-order valence-corrected chi connectivity index (χ4v) is 0.661. The van der Waals surface area contributed by atoms with Crippen LogP contribution in [0.5, 0.6) is 0 Å². The highest BCUT2D eigenvalue weighted by Crippen LogP contribution is 1.91. The Morgan fingerprint density at radius 2 is 2.00 bits per heavy atom. The highest BCUT2D eigenvalue weighted by Gasteiger charge is 1.94. The average molecular weight is 162 g/mol. The van der Waals surface area contributed by atoms with Gasteiger partial charge in [0, 0.05) is 26.9 Å². The molecule has 0 saturated carbocycles. The van der Waals surface area contributed by atoms with Gasteiger partial charge in [0.05, 0.1) is 6.10 Å². The van der Waals surface area contributed by atoms with E-state index in [1.807, 2.05) is 0 Å². The lowest BCUT2D eigenvalue weighted by Gasteiger charge is -2.04. The van der Waals surface area contributed by atoms with E-state index >= 15 is 0 Å². The van der Waals surface area contributed by atoms with Crippen molar-refractivity contribution in [1.82, 2.24) is 0 Å². The number of hydrogen-bond acceptors (Lipinski definition) is 3. The topological polar surface area (TPSA) is 38.7 Å². The molecular weight excluding hydrogens is 144 g/mol. The fourth-order valence-electron chi connectivity index (χ4n) is 0.661. The van der Waals surface area contributed by atoms with Gasteiger partial charge in [-0.1, -0.05) is 0 Å². The van der Waals surface area contributed by atoms with Gasteiger partial charge in [0.2, 0.25) is 0 Å². The Balaban J connectivity index is 2.80. The molecule has 1 atom stereocenters. The Morgan fingerprint density at radius 3 is 2.55 bits per heavy atom. The lowest BCUT2D eigenvalue weighted by Crippen LogP contribution is -2.07. The van der Waals surface area contributed by atoms with Crippen LogP contribution in [0.25, 0.3) is 0 Å². The lowest BCUT2D eigenvalue weighted by atomic mass is 10.3. The Labute approximate surface area is 68.3 Å². The van der Waals surface area contributed by atoms with Crippen LogP contribution in [0.15, 0.2) is 0 Å². The minimum absolute atomic E-state index is 0.252. The number of aliphatic hydroxyl groups excluding tert-OH is 1. The first-order valence-electron chi connectivity index (χ1n) is 4.02. The Hall–Kier alpha value is -0.120. The van der Waals surface area contributed by atoms with Gasteiger partial charge in [0.15, 0.2) is 0 Å². The summed E-state index contributed by atoms with van der Waals surface area (Å²) in [5.74, 6) is 0. The molecule has 0 rings (SSSR count). The predicted molar refractivity (Wildman–Crippen MR) is 43.6 cm³/mol. The first-order chi connectivity index (χ1) is 5.27. The molecule has 0 aromatic heterocycles. The second-order valence-electron chi connectivity index (χ2n) is 2.60. The van der Waals surface area contributed by atoms with Gasteiger partial charge >= 0.3 is 0 Å². The SMILES string of the molecule is COCCCOCCC(C)O. The summed E-state index contributed by atoms with van der Waals surface area (Å²) in [6.45, 7) is 3.87. The van der Waals surface area contributed by atoms with E-state index in [2.05, 4.69) is 0 Å². The monoisotopic (exact) mass is 162 g/mol. The maximum absolute atomic E-state index is 8.85. The number of hydrogen-bond donors (Lipinski definition) is 1. The molecule has 68 valence electrons. The van der Waals surface area contributed by atoms with Crippen molar-refractivity contribution in [3.05, 3.63) is 0 Å². The summed E-state index contributed by atoms with van der Waals surface area (Å²) in [5.41, 5.74) is 0. The molecule has 1 N–H and O–H groups in total. The van der Waals surface area contributed by atoms with Crippen LogP contribution in [0.4, 0.5) is 0 Å². The molecule has 0 fully saturated rings. The van der Waals surface area contributed by atoms with Gasteiger partial charge < -0.3 is 14.6 Å². The van der Waals surface area contributed by atoms with E-state index in [1.54, 1.807) is 14.0 Å². The molecule has 3 heteroatoms. The maximum atomic E-state index is 8.85. The minimum atomic E-state index is -0.252. The van der Waals surface area contributed by atoms with Crippen LogP contribution in [0.2, 0.25) is 0 Å². The molecule has 0 aliphatic rings. The van der Waals surface area contributed by atoms with E-state index in [4.69, 9.17) is 14.6 Å². The Bertz CT molecular complexity index is 73.7. The van der Waals surface area contributed by atoms with Crippen molar-refractivity contribution in [2.45, 2.75) is 25.9 Å². The van der Waals surface area contributed by atoms with Crippen molar-refractivity contribution >= 4 is 0 Å². The molecular formula is C8H18O3. The van der Waals surface area contributed by atoms with Gasteiger partial charge in [-0.2, -0.15) is 0 Å². The van der Waals surface area contributed by atoms with Crippen molar-refractivity contribution in [3.8, 4) is 0 Å². The van der Waals surface area contributed by atoms with Gasteiger partial charge in [-0.3, -0.25) is 0 Å². The van der Waals surface area contributed by atoms with Crippen LogP contribution in [-0.4, -0.2) is 38.1 Å². The third-order valence-electron chi connectivity index (χ3n) is 1.32. The molecule has 0 spiro atoms. The molecule has 0 aromatic rings. The summed E-state index contributed by atoms with van der Waals surface area (Å²) in [6, 6.07) is 0. The van der Waals surface area contributed by atoms with Crippen molar-refractivity contribution < 1.29 is 14.6 Å². The molecule has 11 heavy (non-hydrogen) atoms. The lowest BCUT2D eigenvalue weighted by molar-refractivity contribution is 0.0745. The van der Waals surface area contributed by atoms with Gasteiger partial charge in [-0.15, -0.1) is 0 Å². The highest BCUT2D eigenvalue weighted by atomic mass is 16.5. The first-order valence-corrected chi connectivity index (χ1v) is 4.02. The second-order valence-corrected chi connectivity index (χ2v) is 2.60. The molecule has 0 aliphatic heterocycles. The van der Waals surface area contributed by atoms with Crippen molar-refractivity contribution in [2.24, 2.45) is 0 Å². The zero-order valence-electron chi connectivity index (χ0n) is 7.38. The molecule has 3 nitrogen and oxygen atoms in total. The zero-order chi connectivity index (χ0) is 8.53. The van der Waals surface area contributed by atoms with Gasteiger partial charge in [0.1, 0.15) is 0 Å². The fraction of sp³-hybridized carbons (Fsp3) is 1.00. The van der Waals surface area contributed by atoms with Gasteiger partial charge in [-0.05, 0) is 19.8 Å². The second kappa shape index (κ2) is 7.98. The molecule has 0 amide bonds. The largest absolute Gasteiger partial charge is 0.393 e. The first kappa shape index (κ1) is 10.9. The number of aliphatic hydroxyl groups is 1. The summed E-state index contributed by atoms with van der Waals surface area (Å²) in [4.78, 5) is 0. The van der Waals surface area contributed by atoms with Gasteiger partial charge in [0.25, 0.3) is 0 Å².